The van der Waals surface area contributed by atoms with Gasteiger partial charge < -0.3 is 13.7 Å². The van der Waals surface area contributed by atoms with Gasteiger partial charge in [-0.1, -0.05) is 72.3 Å². The van der Waals surface area contributed by atoms with Crippen molar-refractivity contribution in [3.8, 4) is 11.1 Å². The number of para-hydroxylation sites is 2. The monoisotopic (exact) mass is 521 g/mol. The molecule has 0 unspecified atom stereocenters. The van der Waals surface area contributed by atoms with E-state index in [9.17, 15) is 9.59 Å². The molecule has 6 rings (SSSR count). The third kappa shape index (κ3) is 4.35. The molecule has 4 aromatic carbocycles. The van der Waals surface area contributed by atoms with Crippen LogP contribution in [0.3, 0.4) is 0 Å². The highest BCUT2D eigenvalue weighted by Gasteiger charge is 2.17. The first-order valence-electron chi connectivity index (χ1n) is 12.4. The minimum atomic E-state index is -0.404. The summed E-state index contributed by atoms with van der Waals surface area (Å²) < 4.78 is 12.9. The van der Waals surface area contributed by atoms with Crippen LogP contribution >= 0.6 is 11.6 Å². The number of hydrogen-bond acceptors (Lipinski definition) is 4. The number of Topliss-reactive ketones (excluding diaryl/α,β-unsaturated/α-hetero) is 1. The predicted molar refractivity (Wildman–Crippen MR) is 151 cm³/mol. The number of nitrogens with zero attached hydrogens (tertiary/aromatic N) is 1. The number of rotatable bonds is 7. The summed E-state index contributed by atoms with van der Waals surface area (Å²) in [7, 11) is 1.32. The molecule has 0 bridgehead atoms. The first-order valence-corrected chi connectivity index (χ1v) is 12.8. The molecule has 0 saturated carbocycles. The number of halogens is 1. The molecular formula is C32H24ClNO4. The van der Waals surface area contributed by atoms with Gasteiger partial charge in [0, 0.05) is 57.0 Å². The number of ketones is 1. The number of hydrogen-bond donors (Lipinski definition) is 0. The van der Waals surface area contributed by atoms with E-state index in [2.05, 4.69) is 53.3 Å². The van der Waals surface area contributed by atoms with Gasteiger partial charge in [-0.2, -0.15) is 0 Å². The number of methoxy groups -OCH3 is 1. The lowest BCUT2D eigenvalue weighted by Gasteiger charge is -2.08. The Morgan fingerprint density at radius 2 is 1.66 bits per heavy atom. The van der Waals surface area contributed by atoms with Gasteiger partial charge in [0.15, 0.2) is 5.78 Å². The van der Waals surface area contributed by atoms with Crippen LogP contribution in [0.2, 0.25) is 5.02 Å². The summed E-state index contributed by atoms with van der Waals surface area (Å²) in [6.45, 7) is 0.581. The van der Waals surface area contributed by atoms with Crippen LogP contribution in [0, 0.1) is 0 Å². The number of carbonyl (C=O) groups is 2. The normalized spacial score (nSPS) is 11.4. The molecule has 6 heteroatoms. The Hall–Kier alpha value is -4.35. The Morgan fingerprint density at radius 1 is 0.868 bits per heavy atom. The van der Waals surface area contributed by atoms with Crippen molar-refractivity contribution in [1.29, 1.82) is 0 Å². The zero-order chi connectivity index (χ0) is 26.2. The maximum Gasteiger partial charge on any atom is 0.305 e. The van der Waals surface area contributed by atoms with Gasteiger partial charge in [0.05, 0.1) is 13.5 Å². The number of aromatic nitrogens is 1. The van der Waals surface area contributed by atoms with Crippen LogP contribution in [0.25, 0.3) is 44.0 Å². The molecule has 0 aliphatic rings. The van der Waals surface area contributed by atoms with Crippen molar-refractivity contribution in [3.05, 3.63) is 107 Å². The zero-order valence-corrected chi connectivity index (χ0v) is 21.5. The second-order valence-corrected chi connectivity index (χ2v) is 9.75. The minimum Gasteiger partial charge on any atom is -0.469 e. The summed E-state index contributed by atoms with van der Waals surface area (Å²) in [5.74, 6) is -0.519. The summed E-state index contributed by atoms with van der Waals surface area (Å²) in [4.78, 5) is 24.5. The van der Waals surface area contributed by atoms with E-state index in [0.717, 1.165) is 49.5 Å². The Bertz CT molecular complexity index is 1830. The zero-order valence-electron chi connectivity index (χ0n) is 20.7. The van der Waals surface area contributed by atoms with Crippen LogP contribution in [0.15, 0.2) is 95.5 Å². The smallest absolute Gasteiger partial charge is 0.305 e. The van der Waals surface area contributed by atoms with E-state index in [4.69, 9.17) is 16.0 Å². The SMILES string of the molecule is COC(=O)CCC(=O)c1cn(Cc2ccc(-c3cccc4c3oc3ccccc34)cc2)c2ccc(Cl)cc12. The third-order valence-corrected chi connectivity index (χ3v) is 7.18. The summed E-state index contributed by atoms with van der Waals surface area (Å²) in [6, 6.07) is 28.2. The van der Waals surface area contributed by atoms with Crippen LogP contribution in [0.1, 0.15) is 28.8 Å². The molecular weight excluding hydrogens is 498 g/mol. The fraction of sp³-hybridized carbons (Fsp3) is 0.125. The first kappa shape index (κ1) is 24.0. The van der Waals surface area contributed by atoms with Crippen LogP contribution in [-0.2, 0) is 16.1 Å². The van der Waals surface area contributed by atoms with Gasteiger partial charge in [-0.05, 0) is 35.4 Å². The van der Waals surface area contributed by atoms with Crippen molar-refractivity contribution in [1.82, 2.24) is 4.57 Å². The molecule has 5 nitrogen and oxygen atoms in total. The number of ether oxygens (including phenoxy) is 1. The van der Waals surface area contributed by atoms with Crippen molar-refractivity contribution in [2.45, 2.75) is 19.4 Å². The maximum atomic E-state index is 13.0. The molecule has 38 heavy (non-hydrogen) atoms. The van der Waals surface area contributed by atoms with Gasteiger partial charge in [0.2, 0.25) is 0 Å². The number of esters is 1. The summed E-state index contributed by atoms with van der Waals surface area (Å²) in [6.07, 6.45) is 1.98. The van der Waals surface area contributed by atoms with Gasteiger partial charge in [-0.25, -0.2) is 0 Å². The topological polar surface area (TPSA) is 61.4 Å². The standard InChI is InChI=1S/C32H24ClNO4/c1-37-31(36)16-15-29(35)27-19-34(28-14-13-22(33)17-26(27)28)18-20-9-11-21(12-10-20)23-6-4-7-25-24-5-2-3-8-30(24)38-32(23)25/h2-14,17,19H,15-16,18H2,1H3. The molecule has 0 N–H and O–H groups in total. The summed E-state index contributed by atoms with van der Waals surface area (Å²) in [5, 5.41) is 3.54. The van der Waals surface area contributed by atoms with Crippen molar-refractivity contribution >= 4 is 56.2 Å². The lowest BCUT2D eigenvalue weighted by molar-refractivity contribution is -0.140. The molecule has 2 heterocycles. The van der Waals surface area contributed by atoms with Crippen LogP contribution in [-0.4, -0.2) is 23.4 Å². The highest BCUT2D eigenvalue weighted by Crippen LogP contribution is 2.36. The second-order valence-electron chi connectivity index (χ2n) is 9.31. The molecule has 0 amide bonds. The van der Waals surface area contributed by atoms with Crippen LogP contribution in [0.4, 0.5) is 0 Å². The van der Waals surface area contributed by atoms with E-state index in [1.807, 2.05) is 41.1 Å². The Balaban J connectivity index is 1.31. The van der Waals surface area contributed by atoms with E-state index < -0.39 is 5.97 Å². The molecule has 0 radical (unpaired) electrons. The highest BCUT2D eigenvalue weighted by atomic mass is 35.5. The first-order chi connectivity index (χ1) is 18.5. The Morgan fingerprint density at radius 3 is 2.47 bits per heavy atom. The fourth-order valence-corrected chi connectivity index (χ4v) is 5.21. The largest absolute Gasteiger partial charge is 0.469 e. The molecule has 0 atom stereocenters. The van der Waals surface area contributed by atoms with Crippen molar-refractivity contribution < 1.29 is 18.7 Å². The maximum absolute atomic E-state index is 13.0. The minimum absolute atomic E-state index is 0.0437. The van der Waals surface area contributed by atoms with Crippen LogP contribution < -0.4 is 0 Å². The molecule has 0 aliphatic carbocycles. The van der Waals surface area contributed by atoms with Gasteiger partial charge in [-0.15, -0.1) is 0 Å². The average Bonchev–Trinajstić information content (AvgIpc) is 3.50. The highest BCUT2D eigenvalue weighted by molar-refractivity contribution is 6.31. The quantitative estimate of drug-likeness (QED) is 0.157. The molecule has 0 saturated heterocycles. The van der Waals surface area contributed by atoms with E-state index in [1.165, 1.54) is 7.11 Å². The lowest BCUT2D eigenvalue weighted by Crippen LogP contribution is -2.06. The Labute approximate surface area is 224 Å². The summed E-state index contributed by atoms with van der Waals surface area (Å²) in [5.41, 5.74) is 6.43. The number of furan rings is 1. The molecule has 0 aliphatic heterocycles. The van der Waals surface area contributed by atoms with Crippen molar-refractivity contribution in [3.63, 3.8) is 0 Å². The van der Waals surface area contributed by atoms with Gasteiger partial charge in [0.1, 0.15) is 11.2 Å². The van der Waals surface area contributed by atoms with E-state index in [0.29, 0.717) is 17.1 Å². The molecule has 0 spiro atoms. The third-order valence-electron chi connectivity index (χ3n) is 6.95. The Kier molecular flexibility index (Phi) is 6.22. The van der Waals surface area contributed by atoms with Gasteiger partial charge in [-0.3, -0.25) is 9.59 Å². The average molecular weight is 522 g/mol. The molecule has 6 aromatic rings. The van der Waals surface area contributed by atoms with E-state index >= 15 is 0 Å². The molecule has 188 valence electrons. The van der Waals surface area contributed by atoms with E-state index in [-0.39, 0.29) is 18.6 Å². The lowest BCUT2D eigenvalue weighted by atomic mass is 10.0. The number of benzene rings is 4. The van der Waals surface area contributed by atoms with Crippen molar-refractivity contribution in [2.75, 3.05) is 7.11 Å². The van der Waals surface area contributed by atoms with Crippen LogP contribution in [0.5, 0.6) is 0 Å². The van der Waals surface area contributed by atoms with Crippen molar-refractivity contribution in [2.24, 2.45) is 0 Å². The molecule has 2 aromatic heterocycles. The molecule has 0 fully saturated rings. The van der Waals surface area contributed by atoms with Gasteiger partial charge >= 0.3 is 5.97 Å². The predicted octanol–water partition coefficient (Wildman–Crippen LogP) is 8.05. The van der Waals surface area contributed by atoms with E-state index in [1.54, 1.807) is 6.07 Å². The summed E-state index contributed by atoms with van der Waals surface area (Å²) >= 11 is 6.26. The number of fused-ring (bicyclic) bond motifs is 4. The fourth-order valence-electron chi connectivity index (χ4n) is 5.04. The second kappa shape index (κ2) is 9.84. The number of carbonyl (C=O) groups excluding carboxylic acids is 2. The van der Waals surface area contributed by atoms with Gasteiger partial charge in [0.25, 0.3) is 0 Å².